The molecular formula is C21H25N5O2. The molecule has 1 saturated heterocycles. The van der Waals surface area contributed by atoms with Crippen LogP contribution in [-0.2, 0) is 16.1 Å². The Labute approximate surface area is 164 Å². The molecule has 0 aliphatic carbocycles. The summed E-state index contributed by atoms with van der Waals surface area (Å²) in [4.78, 5) is 23.4. The van der Waals surface area contributed by atoms with Gasteiger partial charge in [-0.2, -0.15) is 0 Å². The number of nitrogens with one attached hydrogen (secondary N) is 1. The highest BCUT2D eigenvalue weighted by Crippen LogP contribution is 2.20. The number of anilines is 2. The van der Waals surface area contributed by atoms with Crippen molar-refractivity contribution in [3.05, 3.63) is 48.9 Å². The molecule has 0 radical (unpaired) electrons. The normalized spacial score (nSPS) is 19.7. The summed E-state index contributed by atoms with van der Waals surface area (Å²) in [5.74, 6) is 0.867. The second-order valence-corrected chi connectivity index (χ2v) is 7.29. The quantitative estimate of drug-likeness (QED) is 0.738. The molecule has 0 spiro atoms. The van der Waals surface area contributed by atoms with Crippen LogP contribution in [-0.4, -0.2) is 45.7 Å². The minimum absolute atomic E-state index is 0.0408. The van der Waals surface area contributed by atoms with E-state index in [4.69, 9.17) is 4.74 Å². The van der Waals surface area contributed by atoms with E-state index >= 15 is 0 Å². The van der Waals surface area contributed by atoms with Crippen LogP contribution in [0.5, 0.6) is 0 Å². The molecule has 1 amide bonds. The van der Waals surface area contributed by atoms with Crippen LogP contribution >= 0.6 is 0 Å². The third-order valence-corrected chi connectivity index (χ3v) is 4.88. The fourth-order valence-corrected chi connectivity index (χ4v) is 3.65. The average molecular weight is 379 g/mol. The first-order valence-electron chi connectivity index (χ1n) is 9.64. The van der Waals surface area contributed by atoms with E-state index in [0.29, 0.717) is 18.7 Å². The topological polar surface area (TPSA) is 72.3 Å². The van der Waals surface area contributed by atoms with E-state index in [-0.39, 0.29) is 18.1 Å². The summed E-state index contributed by atoms with van der Waals surface area (Å²) in [5, 5.41) is 2.92. The van der Waals surface area contributed by atoms with Gasteiger partial charge in [-0.15, -0.1) is 0 Å². The second kappa shape index (κ2) is 7.98. The highest BCUT2D eigenvalue weighted by atomic mass is 16.5. The van der Waals surface area contributed by atoms with Gasteiger partial charge in [0, 0.05) is 26.1 Å². The Bertz CT molecular complexity index is 943. The van der Waals surface area contributed by atoms with Gasteiger partial charge in [0.05, 0.1) is 41.5 Å². The molecule has 3 heterocycles. The average Bonchev–Trinajstić information content (AvgIpc) is 3.09. The number of pyridine rings is 1. The number of nitrogens with zero attached hydrogens (tertiary/aromatic N) is 4. The molecule has 0 saturated carbocycles. The zero-order valence-electron chi connectivity index (χ0n) is 16.2. The number of carbonyl (C=O) groups excluding carboxylic acids is 1. The van der Waals surface area contributed by atoms with Crippen LogP contribution < -0.4 is 10.2 Å². The van der Waals surface area contributed by atoms with Crippen LogP contribution in [0, 0.1) is 0 Å². The fourth-order valence-electron chi connectivity index (χ4n) is 3.65. The Morgan fingerprint density at radius 2 is 1.93 bits per heavy atom. The summed E-state index contributed by atoms with van der Waals surface area (Å²) in [6.07, 6.45) is 4.23. The number of rotatable bonds is 5. The number of para-hydroxylation sites is 2. The van der Waals surface area contributed by atoms with Crippen molar-refractivity contribution in [2.45, 2.75) is 39.0 Å². The molecule has 4 rings (SSSR count). The largest absolute Gasteiger partial charge is 0.372 e. The number of fused-ring (bicyclic) bond motifs is 1. The van der Waals surface area contributed by atoms with Gasteiger partial charge in [0.25, 0.3) is 0 Å². The zero-order valence-corrected chi connectivity index (χ0v) is 16.2. The summed E-state index contributed by atoms with van der Waals surface area (Å²) in [6.45, 7) is 6.37. The fraction of sp³-hybridized carbons (Fsp3) is 0.381. The zero-order chi connectivity index (χ0) is 19.5. The van der Waals surface area contributed by atoms with Crippen molar-refractivity contribution in [3.8, 4) is 0 Å². The number of hydrogen-bond donors (Lipinski definition) is 1. The Morgan fingerprint density at radius 3 is 2.68 bits per heavy atom. The Balaban J connectivity index is 1.33. The summed E-state index contributed by atoms with van der Waals surface area (Å²) in [7, 11) is 0. The van der Waals surface area contributed by atoms with E-state index in [9.17, 15) is 4.79 Å². The summed E-state index contributed by atoms with van der Waals surface area (Å²) >= 11 is 0. The summed E-state index contributed by atoms with van der Waals surface area (Å²) in [6, 6.07) is 11.8. The van der Waals surface area contributed by atoms with Gasteiger partial charge in [0.2, 0.25) is 5.91 Å². The van der Waals surface area contributed by atoms with Gasteiger partial charge in [-0.05, 0) is 38.1 Å². The lowest BCUT2D eigenvalue weighted by Gasteiger charge is -2.36. The standard InChI is InChI=1S/C21H25N5O2/c1-15-12-26(13-16(2)28-15)20-8-7-17(11-22-20)24-21(27)9-10-25-14-23-18-5-3-4-6-19(18)25/h3-8,11,14-16H,9-10,12-13H2,1-2H3,(H,24,27)/t15-,16-/m0/s1. The minimum atomic E-state index is -0.0408. The highest BCUT2D eigenvalue weighted by Gasteiger charge is 2.23. The van der Waals surface area contributed by atoms with E-state index in [2.05, 4.69) is 34.0 Å². The molecule has 7 nitrogen and oxygen atoms in total. The van der Waals surface area contributed by atoms with Crippen LogP contribution in [0.15, 0.2) is 48.9 Å². The predicted molar refractivity (Wildman–Crippen MR) is 109 cm³/mol. The first-order chi connectivity index (χ1) is 13.6. The molecule has 0 bridgehead atoms. The van der Waals surface area contributed by atoms with Crippen LogP contribution in [0.1, 0.15) is 20.3 Å². The first kappa shape index (κ1) is 18.4. The lowest BCUT2D eigenvalue weighted by molar-refractivity contribution is -0.116. The molecule has 146 valence electrons. The van der Waals surface area contributed by atoms with E-state index in [0.717, 1.165) is 29.9 Å². The predicted octanol–water partition coefficient (Wildman–Crippen LogP) is 3.07. The van der Waals surface area contributed by atoms with Crippen LogP contribution in [0.25, 0.3) is 11.0 Å². The molecule has 2 atom stereocenters. The third-order valence-electron chi connectivity index (χ3n) is 4.88. The highest BCUT2D eigenvalue weighted by molar-refractivity contribution is 5.90. The first-order valence-corrected chi connectivity index (χ1v) is 9.64. The van der Waals surface area contributed by atoms with Gasteiger partial charge in [-0.1, -0.05) is 12.1 Å². The van der Waals surface area contributed by atoms with E-state index in [1.165, 1.54) is 0 Å². The van der Waals surface area contributed by atoms with Gasteiger partial charge in [-0.25, -0.2) is 9.97 Å². The van der Waals surface area contributed by atoms with Crippen molar-refractivity contribution in [1.29, 1.82) is 0 Å². The van der Waals surface area contributed by atoms with Crippen molar-refractivity contribution in [3.63, 3.8) is 0 Å². The third kappa shape index (κ3) is 4.14. The number of benzene rings is 1. The second-order valence-electron chi connectivity index (χ2n) is 7.29. The van der Waals surface area contributed by atoms with Crippen molar-refractivity contribution in [2.75, 3.05) is 23.3 Å². The number of hydrogen-bond acceptors (Lipinski definition) is 5. The van der Waals surface area contributed by atoms with Gasteiger partial charge in [-0.3, -0.25) is 4.79 Å². The van der Waals surface area contributed by atoms with Gasteiger partial charge in [0.15, 0.2) is 0 Å². The molecule has 1 fully saturated rings. The molecule has 0 unspecified atom stereocenters. The lowest BCUT2D eigenvalue weighted by Crippen LogP contribution is -2.45. The molecule has 1 aliphatic rings. The number of ether oxygens (including phenoxy) is 1. The molecule has 1 N–H and O–H groups in total. The maximum atomic E-state index is 12.3. The molecule has 7 heteroatoms. The van der Waals surface area contributed by atoms with Crippen molar-refractivity contribution in [2.24, 2.45) is 0 Å². The summed E-state index contributed by atoms with van der Waals surface area (Å²) in [5.41, 5.74) is 2.68. The van der Waals surface area contributed by atoms with Crippen molar-refractivity contribution in [1.82, 2.24) is 14.5 Å². The smallest absolute Gasteiger partial charge is 0.226 e. The number of imidazole rings is 1. The van der Waals surface area contributed by atoms with Gasteiger partial charge >= 0.3 is 0 Å². The van der Waals surface area contributed by atoms with Crippen LogP contribution in [0.4, 0.5) is 11.5 Å². The van der Waals surface area contributed by atoms with Crippen molar-refractivity contribution < 1.29 is 9.53 Å². The minimum Gasteiger partial charge on any atom is -0.372 e. The maximum Gasteiger partial charge on any atom is 0.226 e. The SMILES string of the molecule is C[C@H]1CN(c2ccc(NC(=O)CCn3cnc4ccccc43)cn2)C[C@H](C)O1. The number of aryl methyl sites for hydroxylation is 1. The van der Waals surface area contributed by atoms with Gasteiger partial charge < -0.3 is 19.5 Å². The van der Waals surface area contributed by atoms with Crippen LogP contribution in [0.2, 0.25) is 0 Å². The molecular weight excluding hydrogens is 354 g/mol. The van der Waals surface area contributed by atoms with Crippen LogP contribution in [0.3, 0.4) is 0 Å². The summed E-state index contributed by atoms with van der Waals surface area (Å²) < 4.78 is 7.76. The van der Waals surface area contributed by atoms with E-state index in [1.807, 2.05) is 41.0 Å². The monoisotopic (exact) mass is 379 g/mol. The lowest BCUT2D eigenvalue weighted by atomic mass is 10.2. The molecule has 1 aromatic carbocycles. The van der Waals surface area contributed by atoms with E-state index < -0.39 is 0 Å². The maximum absolute atomic E-state index is 12.3. The number of carbonyl (C=O) groups is 1. The van der Waals surface area contributed by atoms with Crippen molar-refractivity contribution >= 4 is 28.4 Å². The Kier molecular flexibility index (Phi) is 5.25. The molecule has 3 aromatic rings. The molecule has 1 aliphatic heterocycles. The Morgan fingerprint density at radius 1 is 1.14 bits per heavy atom. The number of amides is 1. The Hall–Kier alpha value is -2.93. The molecule has 28 heavy (non-hydrogen) atoms. The van der Waals surface area contributed by atoms with E-state index in [1.54, 1.807) is 12.5 Å². The number of aromatic nitrogens is 3. The number of morpholine rings is 1. The van der Waals surface area contributed by atoms with Gasteiger partial charge in [0.1, 0.15) is 5.82 Å². The molecule has 2 aromatic heterocycles.